The fraction of sp³-hybridized carbons (Fsp3) is 1.00. The van der Waals surface area contributed by atoms with Crippen molar-refractivity contribution in [2.24, 2.45) is 11.5 Å². The van der Waals surface area contributed by atoms with Crippen LogP contribution in [0, 0.1) is 0 Å². The number of hydrogen-bond donors (Lipinski definition) is 2. The molecule has 2 fully saturated rings. The molecule has 1 heterocycles. The van der Waals surface area contributed by atoms with Crippen molar-refractivity contribution in [2.45, 2.75) is 62.7 Å². The van der Waals surface area contributed by atoms with Crippen LogP contribution in [0.1, 0.15) is 42.8 Å². The van der Waals surface area contributed by atoms with E-state index in [4.69, 9.17) is 52.9 Å². The molecule has 0 bridgehead atoms. The van der Waals surface area contributed by atoms with Gasteiger partial charge in [-0.05, 0) is 13.1 Å². The van der Waals surface area contributed by atoms with E-state index < -0.39 is 0 Å². The van der Waals surface area contributed by atoms with Gasteiger partial charge in [-0.3, -0.25) is 0 Å². The maximum Gasteiger partial charge on any atom is 0 e. The smallest absolute Gasteiger partial charge is 0 e. The standard InChI is InChI=1S/C18H36N7.2ClH.Mn.3H2/c19-7-5-15-13-24-16(6-8-20)14-25-18-4-2-1-3-17(18)23-12-10-21-9-11-22-15;;;;;;/h15-18H,1-14,19-20H2;2*1H;;3*1H/q-5;;;+2;;;/p-2/t15-,16+,17-,18-;;;;;;/m1....../s1. The third kappa shape index (κ3) is 12.5. The van der Waals surface area contributed by atoms with E-state index in [1.54, 1.807) is 0 Å². The van der Waals surface area contributed by atoms with Crippen molar-refractivity contribution in [1.82, 2.24) is 0 Å². The fourth-order valence-corrected chi connectivity index (χ4v) is 3.63. The topological polar surface area (TPSA) is 123 Å². The van der Waals surface area contributed by atoms with Gasteiger partial charge in [0.15, 0.2) is 0 Å². The monoisotopic (exact) mass is 481 g/mol. The molecule has 1 aliphatic carbocycles. The van der Waals surface area contributed by atoms with Gasteiger partial charge in [0.2, 0.25) is 0 Å². The van der Waals surface area contributed by atoms with E-state index in [1.165, 1.54) is 19.3 Å². The van der Waals surface area contributed by atoms with Crippen LogP contribution >= 0.6 is 20.2 Å². The summed E-state index contributed by atoms with van der Waals surface area (Å²) in [5.74, 6) is 0. The summed E-state index contributed by atoms with van der Waals surface area (Å²) in [6, 6.07) is 1.15. The minimum Gasteiger partial charge on any atom is 0 e. The summed E-state index contributed by atoms with van der Waals surface area (Å²) in [5.41, 5.74) is 11.5. The van der Waals surface area contributed by atoms with E-state index >= 15 is 0 Å². The third-order valence-corrected chi connectivity index (χ3v) is 5.09. The summed E-state index contributed by atoms with van der Waals surface area (Å²) < 4.78 is 0. The molecule has 4 atom stereocenters. The largest absolute Gasteiger partial charge is 0 e. The molecule has 0 aromatic carbocycles. The SMILES string of the molecule is NCC[C@@H]1C[N-][C@@H](CCN)C[N-][C@@H]2CCCC[C@H]2[N-]CC[N-]CC[N-]1.[Cl][Mn][Cl].[HH].[HH].[HH]. The number of hydrogen-bond acceptors (Lipinski definition) is 2. The van der Waals surface area contributed by atoms with E-state index in [0.717, 1.165) is 58.5 Å². The van der Waals surface area contributed by atoms with Crippen molar-refractivity contribution in [2.75, 3.05) is 52.4 Å². The zero-order chi connectivity index (χ0) is 20.5. The summed E-state index contributed by atoms with van der Waals surface area (Å²) in [7, 11) is 9.59. The Labute approximate surface area is 190 Å². The molecule has 0 aromatic heterocycles. The van der Waals surface area contributed by atoms with Gasteiger partial charge >= 0.3 is 33.3 Å². The molecule has 0 radical (unpaired) electrons. The summed E-state index contributed by atoms with van der Waals surface area (Å²) >= 11 is 0.00694. The summed E-state index contributed by atoms with van der Waals surface area (Å²) in [6.45, 7) is 5.97. The number of nitrogens with two attached hydrogens (primary N) is 2. The molecule has 175 valence electrons. The first-order valence-corrected chi connectivity index (χ1v) is 13.6. The molecule has 0 unspecified atom stereocenters. The van der Waals surface area contributed by atoms with Gasteiger partial charge in [0.05, 0.1) is 0 Å². The quantitative estimate of drug-likeness (QED) is 0.563. The average Bonchev–Trinajstić information content (AvgIpc) is 2.70. The summed E-state index contributed by atoms with van der Waals surface area (Å²) in [4.78, 5) is 0. The number of fused-ring (bicyclic) bond motifs is 1. The van der Waals surface area contributed by atoms with Crippen LogP contribution < -0.4 is 11.5 Å². The van der Waals surface area contributed by atoms with Gasteiger partial charge in [0.25, 0.3) is 0 Å². The average molecular weight is 482 g/mol. The Bertz CT molecular complexity index is 372. The zero-order valence-electron chi connectivity index (χ0n) is 16.7. The van der Waals surface area contributed by atoms with Crippen LogP contribution in [0.5, 0.6) is 0 Å². The van der Waals surface area contributed by atoms with Gasteiger partial charge in [-0.25, -0.2) is 0 Å². The Morgan fingerprint density at radius 2 is 1.25 bits per heavy atom. The van der Waals surface area contributed by atoms with Crippen molar-refractivity contribution in [3.8, 4) is 0 Å². The van der Waals surface area contributed by atoms with Gasteiger partial charge in [0, 0.05) is 4.28 Å². The van der Waals surface area contributed by atoms with Gasteiger partial charge in [-0.2, -0.15) is 63.4 Å². The van der Waals surface area contributed by atoms with Gasteiger partial charge in [-0.15, -0.1) is 0 Å². The maximum absolute atomic E-state index is 5.79. The molecule has 28 heavy (non-hydrogen) atoms. The van der Waals surface area contributed by atoms with Crippen molar-refractivity contribution >= 4 is 20.2 Å². The molecule has 4 N–H and O–H groups in total. The predicted octanol–water partition coefficient (Wildman–Crippen LogP) is 4.73. The van der Waals surface area contributed by atoms with Crippen LogP contribution in [-0.4, -0.2) is 76.5 Å². The van der Waals surface area contributed by atoms with Crippen molar-refractivity contribution < 1.29 is 17.4 Å². The maximum atomic E-state index is 5.79. The Hall–Kier alpha value is 0.819. The number of halogens is 2. The van der Waals surface area contributed by atoms with Gasteiger partial charge in [-0.1, -0.05) is 38.5 Å². The molecule has 10 heteroatoms. The second kappa shape index (κ2) is 18.6. The minimum atomic E-state index is 0. The van der Waals surface area contributed by atoms with Crippen LogP contribution in [0.3, 0.4) is 0 Å². The van der Waals surface area contributed by atoms with Crippen molar-refractivity contribution in [1.29, 1.82) is 0 Å². The molecule has 1 aliphatic heterocycles. The first kappa shape index (κ1) is 26.9. The molecular formula is C18H42Cl2MnN7-5. The first-order chi connectivity index (χ1) is 13.7. The van der Waals surface area contributed by atoms with Crippen molar-refractivity contribution in [3.63, 3.8) is 0 Å². The molecule has 2 rings (SSSR count). The molecule has 7 nitrogen and oxygen atoms in total. The Balaban J connectivity index is -0.00000123. The Morgan fingerprint density at radius 3 is 1.86 bits per heavy atom. The molecule has 0 spiro atoms. The van der Waals surface area contributed by atoms with E-state index in [1.807, 2.05) is 0 Å². The molecule has 0 amide bonds. The van der Waals surface area contributed by atoms with Crippen LogP contribution in [0.4, 0.5) is 0 Å². The molecule has 0 aromatic rings. The van der Waals surface area contributed by atoms with Crippen LogP contribution in [0.15, 0.2) is 0 Å². The summed E-state index contributed by atoms with van der Waals surface area (Å²) in [6.07, 6.45) is 6.64. The van der Waals surface area contributed by atoms with Gasteiger partial charge < -0.3 is 38.1 Å². The minimum absolute atomic E-state index is 0. The van der Waals surface area contributed by atoms with Crippen LogP contribution in [0.2, 0.25) is 0 Å². The van der Waals surface area contributed by atoms with Crippen LogP contribution in [-0.2, 0) is 13.1 Å². The molecule has 2 aliphatic rings. The van der Waals surface area contributed by atoms with Crippen molar-refractivity contribution in [3.05, 3.63) is 26.6 Å². The van der Waals surface area contributed by atoms with E-state index in [-0.39, 0.29) is 29.5 Å². The molecule has 1 saturated heterocycles. The van der Waals surface area contributed by atoms with E-state index in [2.05, 4.69) is 5.32 Å². The number of nitrogens with zero attached hydrogens (tertiary/aromatic N) is 5. The van der Waals surface area contributed by atoms with Crippen LogP contribution in [0.25, 0.3) is 26.6 Å². The Morgan fingerprint density at radius 1 is 0.750 bits per heavy atom. The third-order valence-electron chi connectivity index (χ3n) is 5.09. The second-order valence-electron chi connectivity index (χ2n) is 7.15. The molecular weight excluding hydrogens is 440 g/mol. The van der Waals surface area contributed by atoms with Gasteiger partial charge in [0.1, 0.15) is 0 Å². The molecule has 1 saturated carbocycles. The zero-order valence-corrected chi connectivity index (χ0v) is 19.4. The first-order valence-electron chi connectivity index (χ1n) is 10.3. The fourth-order valence-electron chi connectivity index (χ4n) is 3.63. The predicted molar refractivity (Wildman–Crippen MR) is 125 cm³/mol. The summed E-state index contributed by atoms with van der Waals surface area (Å²) in [5, 5.41) is 24.1. The normalized spacial score (nSPS) is 30.9. The van der Waals surface area contributed by atoms with E-state index in [0.29, 0.717) is 25.2 Å². The Kier molecular flexibility index (Phi) is 17.8. The second-order valence-corrected chi connectivity index (χ2v) is 9.10. The van der Waals surface area contributed by atoms with E-state index in [9.17, 15) is 0 Å². The number of rotatable bonds is 4.